The number of carbonyl (C=O) groups excluding carboxylic acids is 1. The molecule has 1 aromatic rings. The molecule has 110 valence electrons. The van der Waals surface area contributed by atoms with E-state index in [0.29, 0.717) is 0 Å². The van der Waals surface area contributed by atoms with E-state index < -0.39 is 10.0 Å². The number of hydrogen-bond donors (Lipinski definition) is 2. The van der Waals surface area contributed by atoms with Gasteiger partial charge in [-0.25, -0.2) is 17.9 Å². The number of likely N-dealkylation sites (tertiary alicyclic amines) is 1. The fourth-order valence-electron chi connectivity index (χ4n) is 1.95. The Morgan fingerprint density at radius 1 is 1.35 bits per heavy atom. The van der Waals surface area contributed by atoms with Crippen molar-refractivity contribution < 1.29 is 13.2 Å². The Hall–Kier alpha value is -1.60. The molecule has 1 fully saturated rings. The number of amides is 2. The number of rotatable bonds is 4. The van der Waals surface area contributed by atoms with Crippen molar-refractivity contribution in [2.75, 3.05) is 20.1 Å². The Labute approximate surface area is 119 Å². The number of hydrogen-bond acceptors (Lipinski definition) is 3. The Morgan fingerprint density at radius 2 is 2.05 bits per heavy atom. The summed E-state index contributed by atoms with van der Waals surface area (Å²) in [5, 5.41) is 2.87. The van der Waals surface area contributed by atoms with Crippen LogP contribution in [-0.4, -0.2) is 39.5 Å². The summed E-state index contributed by atoms with van der Waals surface area (Å²) in [6, 6.07) is 6.23. The van der Waals surface area contributed by atoms with Crippen LogP contribution in [0.4, 0.5) is 4.79 Å². The molecule has 2 N–H and O–H groups in total. The number of urea groups is 1. The molecule has 1 atom stereocenters. The van der Waals surface area contributed by atoms with Crippen LogP contribution in [0.5, 0.6) is 0 Å². The SMILES string of the molecule is CNS(=O)(=O)c1cccc([C@H](C)NC(=O)N2CCC2)c1. The van der Waals surface area contributed by atoms with E-state index >= 15 is 0 Å². The van der Waals surface area contributed by atoms with Gasteiger partial charge < -0.3 is 10.2 Å². The number of nitrogens with one attached hydrogen (secondary N) is 2. The second kappa shape index (κ2) is 5.80. The maximum Gasteiger partial charge on any atom is 0.317 e. The van der Waals surface area contributed by atoms with E-state index in [1.807, 2.05) is 6.92 Å². The van der Waals surface area contributed by atoms with Gasteiger partial charge in [0.15, 0.2) is 0 Å². The molecule has 0 spiro atoms. The third-order valence-corrected chi connectivity index (χ3v) is 4.83. The van der Waals surface area contributed by atoms with E-state index in [1.54, 1.807) is 23.1 Å². The smallest absolute Gasteiger partial charge is 0.317 e. The van der Waals surface area contributed by atoms with Crippen LogP contribution in [0.15, 0.2) is 29.2 Å². The predicted molar refractivity (Wildman–Crippen MR) is 75.8 cm³/mol. The van der Waals surface area contributed by atoms with E-state index in [4.69, 9.17) is 0 Å². The summed E-state index contributed by atoms with van der Waals surface area (Å²) in [4.78, 5) is 13.8. The molecule has 0 radical (unpaired) electrons. The highest BCUT2D eigenvalue weighted by Gasteiger charge is 2.22. The van der Waals surface area contributed by atoms with Crippen LogP contribution in [0, 0.1) is 0 Å². The lowest BCUT2D eigenvalue weighted by molar-refractivity contribution is 0.164. The molecule has 2 amide bonds. The van der Waals surface area contributed by atoms with Crippen LogP contribution in [0.2, 0.25) is 0 Å². The first kappa shape index (κ1) is 14.8. The maximum absolute atomic E-state index is 11.8. The zero-order valence-electron chi connectivity index (χ0n) is 11.6. The van der Waals surface area contributed by atoms with Gasteiger partial charge in [0, 0.05) is 13.1 Å². The molecule has 0 saturated carbocycles. The zero-order valence-corrected chi connectivity index (χ0v) is 12.4. The molecule has 2 rings (SSSR count). The highest BCUT2D eigenvalue weighted by molar-refractivity contribution is 7.89. The van der Waals surface area contributed by atoms with Crippen molar-refractivity contribution in [3.05, 3.63) is 29.8 Å². The third kappa shape index (κ3) is 3.10. The lowest BCUT2D eigenvalue weighted by Crippen LogP contribution is -2.48. The summed E-state index contributed by atoms with van der Waals surface area (Å²) >= 11 is 0. The van der Waals surface area contributed by atoms with Crippen LogP contribution >= 0.6 is 0 Å². The molecule has 1 saturated heterocycles. The maximum atomic E-state index is 11.8. The minimum Gasteiger partial charge on any atom is -0.331 e. The Morgan fingerprint density at radius 3 is 2.60 bits per heavy atom. The summed E-state index contributed by atoms with van der Waals surface area (Å²) in [5.41, 5.74) is 0.759. The zero-order chi connectivity index (χ0) is 14.8. The highest BCUT2D eigenvalue weighted by atomic mass is 32.2. The van der Waals surface area contributed by atoms with E-state index in [2.05, 4.69) is 10.0 Å². The molecule has 7 heteroatoms. The molecular weight excluding hydrogens is 278 g/mol. The molecule has 0 aliphatic carbocycles. The molecular formula is C13H19N3O3S. The van der Waals surface area contributed by atoms with Crippen molar-refractivity contribution in [3.63, 3.8) is 0 Å². The Bertz CT molecular complexity index is 597. The van der Waals surface area contributed by atoms with Gasteiger partial charge >= 0.3 is 6.03 Å². The minimum atomic E-state index is -3.47. The van der Waals surface area contributed by atoms with Gasteiger partial charge in [-0.05, 0) is 38.1 Å². The molecule has 1 aliphatic heterocycles. The van der Waals surface area contributed by atoms with Crippen molar-refractivity contribution >= 4 is 16.1 Å². The first-order chi connectivity index (χ1) is 9.44. The number of nitrogens with zero attached hydrogens (tertiary/aromatic N) is 1. The lowest BCUT2D eigenvalue weighted by atomic mass is 10.1. The van der Waals surface area contributed by atoms with E-state index in [-0.39, 0.29) is 17.0 Å². The Balaban J connectivity index is 2.12. The third-order valence-electron chi connectivity index (χ3n) is 3.42. The van der Waals surface area contributed by atoms with Crippen LogP contribution < -0.4 is 10.0 Å². The second-order valence-corrected chi connectivity index (χ2v) is 6.68. The monoisotopic (exact) mass is 297 g/mol. The fraction of sp³-hybridized carbons (Fsp3) is 0.462. The molecule has 0 bridgehead atoms. The molecule has 0 unspecified atom stereocenters. The number of carbonyl (C=O) groups is 1. The van der Waals surface area contributed by atoms with Gasteiger partial charge in [0.2, 0.25) is 10.0 Å². The lowest BCUT2D eigenvalue weighted by Gasteiger charge is -2.32. The Kier molecular flexibility index (Phi) is 4.29. The summed E-state index contributed by atoms with van der Waals surface area (Å²) in [6.45, 7) is 3.41. The molecule has 1 heterocycles. The van der Waals surface area contributed by atoms with Crippen LogP contribution in [0.1, 0.15) is 24.9 Å². The summed E-state index contributed by atoms with van der Waals surface area (Å²) in [7, 11) is -2.09. The van der Waals surface area contributed by atoms with E-state index in [1.165, 1.54) is 13.1 Å². The quantitative estimate of drug-likeness (QED) is 0.872. The molecule has 0 aromatic heterocycles. The second-order valence-electron chi connectivity index (χ2n) is 4.79. The number of benzene rings is 1. The van der Waals surface area contributed by atoms with Gasteiger partial charge in [-0.1, -0.05) is 12.1 Å². The topological polar surface area (TPSA) is 78.5 Å². The molecule has 1 aliphatic rings. The van der Waals surface area contributed by atoms with Crippen molar-refractivity contribution in [3.8, 4) is 0 Å². The standard InChI is InChI=1S/C13H19N3O3S/c1-10(15-13(17)16-7-4-8-16)11-5-3-6-12(9-11)20(18,19)14-2/h3,5-6,9-10,14H,4,7-8H2,1-2H3,(H,15,17)/t10-/m0/s1. The van der Waals surface area contributed by atoms with Gasteiger partial charge in [-0.3, -0.25) is 0 Å². The van der Waals surface area contributed by atoms with Gasteiger partial charge in [-0.15, -0.1) is 0 Å². The predicted octanol–water partition coefficient (Wildman–Crippen LogP) is 1.07. The average molecular weight is 297 g/mol. The number of sulfonamides is 1. The normalized spacial score (nSPS) is 16.4. The van der Waals surface area contributed by atoms with E-state index in [0.717, 1.165) is 25.1 Å². The van der Waals surface area contributed by atoms with Gasteiger partial charge in [0.05, 0.1) is 10.9 Å². The summed E-state index contributed by atoms with van der Waals surface area (Å²) in [5.74, 6) is 0. The van der Waals surface area contributed by atoms with Crippen molar-refractivity contribution in [1.82, 2.24) is 14.9 Å². The highest BCUT2D eigenvalue weighted by Crippen LogP contribution is 2.18. The van der Waals surface area contributed by atoms with Gasteiger partial charge in [-0.2, -0.15) is 0 Å². The van der Waals surface area contributed by atoms with Crippen LogP contribution in [0.3, 0.4) is 0 Å². The first-order valence-electron chi connectivity index (χ1n) is 6.53. The minimum absolute atomic E-state index is 0.106. The van der Waals surface area contributed by atoms with Crippen LogP contribution in [0.25, 0.3) is 0 Å². The summed E-state index contributed by atoms with van der Waals surface area (Å²) in [6.07, 6.45) is 1.04. The van der Waals surface area contributed by atoms with Crippen molar-refractivity contribution in [2.24, 2.45) is 0 Å². The first-order valence-corrected chi connectivity index (χ1v) is 8.01. The van der Waals surface area contributed by atoms with Gasteiger partial charge in [0.25, 0.3) is 0 Å². The van der Waals surface area contributed by atoms with E-state index in [9.17, 15) is 13.2 Å². The molecule has 20 heavy (non-hydrogen) atoms. The van der Waals surface area contributed by atoms with Gasteiger partial charge in [0.1, 0.15) is 0 Å². The van der Waals surface area contributed by atoms with Crippen molar-refractivity contribution in [2.45, 2.75) is 24.3 Å². The van der Waals surface area contributed by atoms with Crippen molar-refractivity contribution in [1.29, 1.82) is 0 Å². The van der Waals surface area contributed by atoms with Crippen LogP contribution in [-0.2, 0) is 10.0 Å². The average Bonchev–Trinajstić information content (AvgIpc) is 2.36. The molecule has 1 aromatic carbocycles. The molecule has 6 nitrogen and oxygen atoms in total. The largest absolute Gasteiger partial charge is 0.331 e. The fourth-order valence-corrected chi connectivity index (χ4v) is 2.73. The summed E-state index contributed by atoms with van der Waals surface area (Å²) < 4.78 is 25.8.